The van der Waals surface area contributed by atoms with Gasteiger partial charge < -0.3 is 10.1 Å². The summed E-state index contributed by atoms with van der Waals surface area (Å²) in [5.41, 5.74) is 3.93. The summed E-state index contributed by atoms with van der Waals surface area (Å²) in [6, 6.07) is 21.5. The van der Waals surface area contributed by atoms with Crippen molar-refractivity contribution in [3.63, 3.8) is 0 Å². The minimum atomic E-state index is -0.927. The van der Waals surface area contributed by atoms with E-state index in [2.05, 4.69) is 20.3 Å². The van der Waals surface area contributed by atoms with Gasteiger partial charge in [-0.15, -0.1) is 0 Å². The Kier molecular flexibility index (Phi) is 5.36. The first-order chi connectivity index (χ1) is 16.1. The van der Waals surface area contributed by atoms with Gasteiger partial charge in [-0.25, -0.2) is 14.8 Å². The molecule has 0 saturated carbocycles. The number of nitrogens with zero attached hydrogens (tertiary/aromatic N) is 3. The van der Waals surface area contributed by atoms with Gasteiger partial charge in [0.2, 0.25) is 0 Å². The van der Waals surface area contributed by atoms with E-state index < -0.39 is 12.0 Å². The molecule has 7 nitrogen and oxygen atoms in total. The molecule has 162 valence electrons. The van der Waals surface area contributed by atoms with Crippen LogP contribution in [0.15, 0.2) is 79.0 Å². The van der Waals surface area contributed by atoms with Crippen molar-refractivity contribution in [2.75, 3.05) is 7.11 Å². The average molecular weight is 436 g/mol. The predicted octanol–water partition coefficient (Wildman–Crippen LogP) is 3.85. The molecule has 1 atom stereocenters. The fraction of sp³-hybridized carbons (Fsp3) is 0.115. The number of hydrogen-bond acceptors (Lipinski definition) is 6. The number of nitrogens with one attached hydrogen (secondary N) is 1. The molecule has 7 heteroatoms. The first kappa shape index (κ1) is 20.5. The predicted molar refractivity (Wildman–Crippen MR) is 126 cm³/mol. The lowest BCUT2D eigenvalue weighted by atomic mass is 10.0. The Bertz CT molecular complexity index is 1460. The number of carbonyl (C=O) groups excluding carboxylic acids is 2. The molecule has 0 aliphatic carbocycles. The first-order valence-electron chi connectivity index (χ1n) is 10.5. The van der Waals surface area contributed by atoms with Gasteiger partial charge in [0, 0.05) is 23.4 Å². The molecule has 0 unspecified atom stereocenters. The second-order valence-electron chi connectivity index (χ2n) is 7.62. The summed E-state index contributed by atoms with van der Waals surface area (Å²) in [6.07, 6.45) is 1.76. The van der Waals surface area contributed by atoms with E-state index in [1.54, 1.807) is 6.20 Å². The largest absolute Gasteiger partial charge is 0.467 e. The van der Waals surface area contributed by atoms with Gasteiger partial charge in [-0.05, 0) is 24.3 Å². The normalized spacial score (nSPS) is 12.0. The molecule has 5 aromatic rings. The number of methoxy groups -OCH3 is 1. The molecule has 0 fully saturated rings. The molecule has 1 amide bonds. The number of esters is 1. The summed E-state index contributed by atoms with van der Waals surface area (Å²) in [5.74, 6) is -0.935. The van der Waals surface area contributed by atoms with Crippen LogP contribution >= 0.6 is 0 Å². The summed E-state index contributed by atoms with van der Waals surface area (Å²) in [6.45, 7) is 0. The third-order valence-corrected chi connectivity index (χ3v) is 5.52. The number of pyridine rings is 1. The van der Waals surface area contributed by atoms with Crippen molar-refractivity contribution >= 4 is 44.7 Å². The maximum absolute atomic E-state index is 13.5. The van der Waals surface area contributed by atoms with Crippen molar-refractivity contribution in [1.29, 1.82) is 0 Å². The SMILES string of the molecule is COC(=O)[C@H](Cc1cnc2ccccc2n1)NC(=O)c1c2ccccc2nc2ccccc12. The maximum Gasteiger partial charge on any atom is 0.328 e. The summed E-state index contributed by atoms with van der Waals surface area (Å²) >= 11 is 0. The van der Waals surface area contributed by atoms with E-state index in [4.69, 9.17) is 4.74 Å². The Hall–Kier alpha value is -4.39. The van der Waals surface area contributed by atoms with E-state index >= 15 is 0 Å². The molecule has 3 aromatic carbocycles. The van der Waals surface area contributed by atoms with E-state index in [-0.39, 0.29) is 12.3 Å². The number of rotatable bonds is 5. The number of aromatic nitrogens is 3. The topological polar surface area (TPSA) is 94.1 Å². The van der Waals surface area contributed by atoms with Crippen molar-refractivity contribution in [2.45, 2.75) is 12.5 Å². The molecule has 0 aliphatic rings. The van der Waals surface area contributed by atoms with E-state index in [0.717, 1.165) is 11.0 Å². The highest BCUT2D eigenvalue weighted by Gasteiger charge is 2.25. The van der Waals surface area contributed by atoms with Crippen LogP contribution in [-0.2, 0) is 16.0 Å². The van der Waals surface area contributed by atoms with Crippen LogP contribution in [-0.4, -0.2) is 40.0 Å². The van der Waals surface area contributed by atoms with Crippen LogP contribution in [0.1, 0.15) is 16.1 Å². The first-order valence-corrected chi connectivity index (χ1v) is 10.5. The van der Waals surface area contributed by atoms with E-state index in [1.807, 2.05) is 72.8 Å². The van der Waals surface area contributed by atoms with Gasteiger partial charge in [0.05, 0.1) is 40.4 Å². The number of hydrogen-bond donors (Lipinski definition) is 1. The van der Waals surface area contributed by atoms with Crippen LogP contribution in [0.2, 0.25) is 0 Å². The Balaban J connectivity index is 1.52. The van der Waals surface area contributed by atoms with Crippen molar-refractivity contribution in [2.24, 2.45) is 0 Å². The van der Waals surface area contributed by atoms with Crippen LogP contribution in [0, 0.1) is 0 Å². The highest BCUT2D eigenvalue weighted by Crippen LogP contribution is 2.26. The molecular weight excluding hydrogens is 416 g/mol. The second kappa shape index (κ2) is 8.63. The molecule has 0 radical (unpaired) electrons. The van der Waals surface area contributed by atoms with Crippen LogP contribution in [0.5, 0.6) is 0 Å². The van der Waals surface area contributed by atoms with Crippen molar-refractivity contribution in [3.05, 3.63) is 90.3 Å². The number of carbonyl (C=O) groups is 2. The highest BCUT2D eigenvalue weighted by atomic mass is 16.5. The fourth-order valence-electron chi connectivity index (χ4n) is 3.95. The summed E-state index contributed by atoms with van der Waals surface area (Å²) in [7, 11) is 1.30. The number of ether oxygens (including phenoxy) is 1. The minimum Gasteiger partial charge on any atom is -0.467 e. The van der Waals surface area contributed by atoms with Gasteiger partial charge in [0.25, 0.3) is 5.91 Å². The van der Waals surface area contributed by atoms with Crippen LogP contribution in [0.25, 0.3) is 32.8 Å². The summed E-state index contributed by atoms with van der Waals surface area (Å²) < 4.78 is 4.97. The number of para-hydroxylation sites is 4. The molecule has 1 N–H and O–H groups in total. The van der Waals surface area contributed by atoms with Crippen LogP contribution < -0.4 is 5.32 Å². The third-order valence-electron chi connectivity index (χ3n) is 5.52. The zero-order chi connectivity index (χ0) is 22.8. The third kappa shape index (κ3) is 3.96. The van der Waals surface area contributed by atoms with E-state index in [9.17, 15) is 9.59 Å². The van der Waals surface area contributed by atoms with Crippen molar-refractivity contribution in [1.82, 2.24) is 20.3 Å². The zero-order valence-electron chi connectivity index (χ0n) is 17.9. The number of fused-ring (bicyclic) bond motifs is 3. The minimum absolute atomic E-state index is 0.150. The second-order valence-corrected chi connectivity index (χ2v) is 7.62. The molecule has 2 heterocycles. The smallest absolute Gasteiger partial charge is 0.328 e. The van der Waals surface area contributed by atoms with Crippen molar-refractivity contribution < 1.29 is 14.3 Å². The van der Waals surface area contributed by atoms with Crippen LogP contribution in [0.4, 0.5) is 0 Å². The lowest BCUT2D eigenvalue weighted by Crippen LogP contribution is -2.43. The van der Waals surface area contributed by atoms with Crippen molar-refractivity contribution in [3.8, 4) is 0 Å². The summed E-state index contributed by atoms with van der Waals surface area (Å²) in [5, 5.41) is 4.28. The molecule has 0 bridgehead atoms. The molecule has 2 aromatic heterocycles. The van der Waals surface area contributed by atoms with E-state index in [0.29, 0.717) is 33.1 Å². The summed E-state index contributed by atoms with van der Waals surface area (Å²) in [4.78, 5) is 39.7. The Labute approximate surface area is 189 Å². The fourth-order valence-corrected chi connectivity index (χ4v) is 3.95. The monoisotopic (exact) mass is 436 g/mol. The Morgan fingerprint density at radius 1 is 0.818 bits per heavy atom. The highest BCUT2D eigenvalue weighted by molar-refractivity contribution is 6.16. The maximum atomic E-state index is 13.5. The molecular formula is C26H20N4O3. The standard InChI is InChI=1S/C26H20N4O3/c1-33-26(32)23(14-16-15-27-21-12-6-7-13-22(21)28-16)30-25(31)24-17-8-2-4-10-19(17)29-20-11-5-3-9-18(20)24/h2-13,15,23H,14H2,1H3,(H,30,31)/t23-/m0/s1. The van der Waals surface area contributed by atoms with Gasteiger partial charge in [0.1, 0.15) is 6.04 Å². The van der Waals surface area contributed by atoms with Gasteiger partial charge in [-0.1, -0.05) is 48.5 Å². The molecule has 5 rings (SSSR count). The van der Waals surface area contributed by atoms with Gasteiger partial charge in [-0.2, -0.15) is 0 Å². The lowest BCUT2D eigenvalue weighted by molar-refractivity contribution is -0.142. The molecule has 33 heavy (non-hydrogen) atoms. The Morgan fingerprint density at radius 2 is 1.39 bits per heavy atom. The van der Waals surface area contributed by atoms with Crippen LogP contribution in [0.3, 0.4) is 0 Å². The van der Waals surface area contributed by atoms with E-state index in [1.165, 1.54) is 7.11 Å². The molecule has 0 aliphatic heterocycles. The van der Waals surface area contributed by atoms with Gasteiger partial charge in [-0.3, -0.25) is 9.78 Å². The quantitative estimate of drug-likeness (QED) is 0.332. The molecule has 0 spiro atoms. The number of benzene rings is 3. The zero-order valence-corrected chi connectivity index (χ0v) is 17.9. The molecule has 0 saturated heterocycles. The number of amides is 1. The Morgan fingerprint density at radius 3 is 2.03 bits per heavy atom. The van der Waals surface area contributed by atoms with Gasteiger partial charge >= 0.3 is 5.97 Å². The van der Waals surface area contributed by atoms with Gasteiger partial charge in [0.15, 0.2) is 0 Å². The average Bonchev–Trinajstić information content (AvgIpc) is 2.86. The lowest BCUT2D eigenvalue weighted by Gasteiger charge is -2.18.